The first kappa shape index (κ1) is 23.9. The number of benzene rings is 2. The van der Waals surface area contributed by atoms with Gasteiger partial charge in [-0.15, -0.1) is 12.4 Å². The third kappa shape index (κ3) is 7.79. The Labute approximate surface area is 178 Å². The molecular formula is C21H28Cl3NO2. The highest BCUT2D eigenvalue weighted by Crippen LogP contribution is 2.33. The molecule has 0 radical (unpaired) electrons. The second kappa shape index (κ2) is 12.4. The van der Waals surface area contributed by atoms with Crippen LogP contribution in [0.3, 0.4) is 0 Å². The summed E-state index contributed by atoms with van der Waals surface area (Å²) in [5.41, 5.74) is 1.96. The Morgan fingerprint density at radius 1 is 1.04 bits per heavy atom. The van der Waals surface area contributed by atoms with Crippen molar-refractivity contribution in [3.63, 3.8) is 0 Å². The van der Waals surface area contributed by atoms with Crippen molar-refractivity contribution in [1.29, 1.82) is 0 Å². The molecule has 2 aromatic rings. The Morgan fingerprint density at radius 2 is 1.81 bits per heavy atom. The fraction of sp³-hybridized carbons (Fsp3) is 0.429. The first-order valence-corrected chi connectivity index (χ1v) is 9.79. The van der Waals surface area contributed by atoms with E-state index in [9.17, 15) is 0 Å². The number of ether oxygens (including phenoxy) is 2. The molecule has 2 aromatic carbocycles. The smallest absolute Gasteiger partial charge is 0.166 e. The summed E-state index contributed by atoms with van der Waals surface area (Å²) in [6.45, 7) is 9.06. The van der Waals surface area contributed by atoms with Gasteiger partial charge in [-0.2, -0.15) is 0 Å². The van der Waals surface area contributed by atoms with E-state index in [1.807, 2.05) is 31.2 Å². The molecule has 0 aliphatic heterocycles. The van der Waals surface area contributed by atoms with E-state index in [2.05, 4.69) is 25.2 Å². The Hall–Kier alpha value is -1.13. The van der Waals surface area contributed by atoms with Crippen molar-refractivity contribution in [1.82, 2.24) is 5.32 Å². The SMILES string of the molecule is CCOc1cccc(CNCCC(C)C)c1OCc1ccc(Cl)cc1Cl.Cl. The van der Waals surface area contributed by atoms with Crippen LogP contribution in [0.15, 0.2) is 36.4 Å². The minimum Gasteiger partial charge on any atom is -0.490 e. The second-order valence-corrected chi connectivity index (χ2v) is 7.40. The molecule has 0 fully saturated rings. The molecule has 0 amide bonds. The summed E-state index contributed by atoms with van der Waals surface area (Å²) in [5.74, 6) is 2.19. The molecule has 3 nitrogen and oxygen atoms in total. The topological polar surface area (TPSA) is 30.5 Å². The van der Waals surface area contributed by atoms with Gasteiger partial charge in [-0.1, -0.05) is 55.2 Å². The van der Waals surface area contributed by atoms with E-state index in [1.165, 1.54) is 0 Å². The molecule has 0 aliphatic rings. The van der Waals surface area contributed by atoms with Crippen LogP contribution in [0.1, 0.15) is 38.3 Å². The lowest BCUT2D eigenvalue weighted by Crippen LogP contribution is -2.17. The zero-order valence-electron chi connectivity index (χ0n) is 16.1. The maximum Gasteiger partial charge on any atom is 0.166 e. The van der Waals surface area contributed by atoms with Gasteiger partial charge in [-0.05, 0) is 44.0 Å². The predicted octanol–water partition coefficient (Wildman–Crippen LogP) is 6.53. The van der Waals surface area contributed by atoms with Gasteiger partial charge in [0, 0.05) is 27.7 Å². The minimum atomic E-state index is 0. The van der Waals surface area contributed by atoms with Crippen LogP contribution in [0, 0.1) is 5.92 Å². The van der Waals surface area contributed by atoms with E-state index in [0.717, 1.165) is 42.1 Å². The standard InChI is InChI=1S/C21H27Cl2NO2.ClH/c1-4-25-20-7-5-6-16(13-24-11-10-15(2)3)21(20)26-14-17-8-9-18(22)12-19(17)23;/h5-9,12,15,24H,4,10-11,13-14H2,1-3H3;1H. The number of halogens is 3. The van der Waals surface area contributed by atoms with Gasteiger partial charge in [0.2, 0.25) is 0 Å². The number of para-hydroxylation sites is 1. The van der Waals surface area contributed by atoms with E-state index in [1.54, 1.807) is 6.07 Å². The van der Waals surface area contributed by atoms with Crippen molar-refractivity contribution in [3.05, 3.63) is 57.6 Å². The zero-order valence-corrected chi connectivity index (χ0v) is 18.4. The Balaban J connectivity index is 0.00000364. The molecule has 150 valence electrons. The van der Waals surface area contributed by atoms with E-state index >= 15 is 0 Å². The highest BCUT2D eigenvalue weighted by molar-refractivity contribution is 6.35. The zero-order chi connectivity index (χ0) is 18.9. The van der Waals surface area contributed by atoms with Gasteiger partial charge >= 0.3 is 0 Å². The van der Waals surface area contributed by atoms with E-state index in [0.29, 0.717) is 29.2 Å². The van der Waals surface area contributed by atoms with Crippen LogP contribution in [0.25, 0.3) is 0 Å². The Bertz CT molecular complexity index is 708. The van der Waals surface area contributed by atoms with Gasteiger partial charge in [-0.3, -0.25) is 0 Å². The van der Waals surface area contributed by atoms with Crippen LogP contribution in [-0.4, -0.2) is 13.2 Å². The van der Waals surface area contributed by atoms with Crippen molar-refractivity contribution in [2.45, 2.75) is 40.3 Å². The third-order valence-corrected chi connectivity index (χ3v) is 4.55. The van der Waals surface area contributed by atoms with Crippen LogP contribution in [-0.2, 0) is 13.2 Å². The van der Waals surface area contributed by atoms with Crippen molar-refractivity contribution in [3.8, 4) is 11.5 Å². The molecule has 0 unspecified atom stereocenters. The van der Waals surface area contributed by atoms with E-state index in [4.69, 9.17) is 32.7 Å². The summed E-state index contributed by atoms with van der Waals surface area (Å²) in [5, 5.41) is 4.70. The summed E-state index contributed by atoms with van der Waals surface area (Å²) in [6, 6.07) is 11.4. The molecule has 1 N–H and O–H groups in total. The third-order valence-electron chi connectivity index (χ3n) is 3.96. The lowest BCUT2D eigenvalue weighted by molar-refractivity contribution is 0.266. The van der Waals surface area contributed by atoms with Gasteiger partial charge in [0.15, 0.2) is 11.5 Å². The molecule has 0 spiro atoms. The minimum absolute atomic E-state index is 0. The molecule has 0 heterocycles. The van der Waals surface area contributed by atoms with E-state index in [-0.39, 0.29) is 12.4 Å². The lowest BCUT2D eigenvalue weighted by atomic mass is 10.1. The molecule has 0 saturated heterocycles. The fourth-order valence-electron chi connectivity index (χ4n) is 2.54. The van der Waals surface area contributed by atoms with Crippen molar-refractivity contribution >= 4 is 35.6 Å². The number of rotatable bonds is 10. The number of hydrogen-bond acceptors (Lipinski definition) is 3. The van der Waals surface area contributed by atoms with Crippen molar-refractivity contribution < 1.29 is 9.47 Å². The molecule has 0 bridgehead atoms. The molecule has 2 rings (SSSR count). The summed E-state index contributed by atoms with van der Waals surface area (Å²) in [4.78, 5) is 0. The Kier molecular flexibility index (Phi) is 10.9. The van der Waals surface area contributed by atoms with Gasteiger partial charge in [-0.25, -0.2) is 0 Å². The predicted molar refractivity (Wildman–Crippen MR) is 117 cm³/mol. The fourth-order valence-corrected chi connectivity index (χ4v) is 3.00. The molecule has 0 aliphatic carbocycles. The Morgan fingerprint density at radius 3 is 2.48 bits per heavy atom. The first-order chi connectivity index (χ1) is 12.5. The van der Waals surface area contributed by atoms with Crippen LogP contribution < -0.4 is 14.8 Å². The monoisotopic (exact) mass is 431 g/mol. The van der Waals surface area contributed by atoms with Crippen LogP contribution in [0.5, 0.6) is 11.5 Å². The summed E-state index contributed by atoms with van der Waals surface area (Å²) >= 11 is 12.2. The highest BCUT2D eigenvalue weighted by Gasteiger charge is 2.12. The maximum absolute atomic E-state index is 6.26. The van der Waals surface area contributed by atoms with Gasteiger partial charge in [0.05, 0.1) is 6.61 Å². The largest absolute Gasteiger partial charge is 0.490 e. The highest BCUT2D eigenvalue weighted by atomic mass is 35.5. The second-order valence-electron chi connectivity index (χ2n) is 6.56. The van der Waals surface area contributed by atoms with Crippen LogP contribution in [0.2, 0.25) is 10.0 Å². The average Bonchev–Trinajstić information content (AvgIpc) is 2.59. The quantitative estimate of drug-likeness (QED) is 0.433. The van der Waals surface area contributed by atoms with Gasteiger partial charge in [0.25, 0.3) is 0 Å². The molecular weight excluding hydrogens is 405 g/mol. The maximum atomic E-state index is 6.26. The van der Waals surface area contributed by atoms with Gasteiger partial charge in [0.1, 0.15) is 6.61 Å². The summed E-state index contributed by atoms with van der Waals surface area (Å²) in [7, 11) is 0. The lowest BCUT2D eigenvalue weighted by Gasteiger charge is -2.17. The summed E-state index contributed by atoms with van der Waals surface area (Å²) < 4.78 is 11.9. The molecule has 0 aromatic heterocycles. The number of nitrogens with one attached hydrogen (secondary N) is 1. The summed E-state index contributed by atoms with van der Waals surface area (Å²) in [6.07, 6.45) is 1.14. The van der Waals surface area contributed by atoms with Gasteiger partial charge < -0.3 is 14.8 Å². The molecule has 0 atom stereocenters. The van der Waals surface area contributed by atoms with E-state index < -0.39 is 0 Å². The van der Waals surface area contributed by atoms with Crippen LogP contribution >= 0.6 is 35.6 Å². The first-order valence-electron chi connectivity index (χ1n) is 9.03. The van der Waals surface area contributed by atoms with Crippen molar-refractivity contribution in [2.24, 2.45) is 5.92 Å². The number of hydrogen-bond donors (Lipinski definition) is 1. The van der Waals surface area contributed by atoms with Crippen LogP contribution in [0.4, 0.5) is 0 Å². The van der Waals surface area contributed by atoms with Crippen molar-refractivity contribution in [2.75, 3.05) is 13.2 Å². The molecule has 27 heavy (non-hydrogen) atoms. The average molecular weight is 433 g/mol. The molecule has 6 heteroatoms. The normalized spacial score (nSPS) is 10.6. The molecule has 0 saturated carbocycles.